The number of benzene rings is 1. The molecular weight excluding hydrogens is 570 g/mol. The van der Waals surface area contributed by atoms with Gasteiger partial charge in [0.15, 0.2) is 6.10 Å². The van der Waals surface area contributed by atoms with Crippen molar-refractivity contribution in [3.8, 4) is 0 Å². The predicted octanol–water partition coefficient (Wildman–Crippen LogP) is 1.32. The Labute approximate surface area is 254 Å². The van der Waals surface area contributed by atoms with Crippen LogP contribution in [0.5, 0.6) is 0 Å². The maximum Gasteiger partial charge on any atom is 0.346 e. The topological polar surface area (TPSA) is 165 Å². The number of rotatable bonds is 1. The summed E-state index contributed by atoms with van der Waals surface area (Å²) in [5.41, 5.74) is 3.15. The van der Waals surface area contributed by atoms with Gasteiger partial charge in [-0.15, -0.1) is 0 Å². The summed E-state index contributed by atoms with van der Waals surface area (Å²) in [7, 11) is 0. The number of amides is 3. The van der Waals surface area contributed by atoms with Crippen LogP contribution in [0.25, 0.3) is 17.0 Å². The fourth-order valence-corrected chi connectivity index (χ4v) is 5.29. The monoisotopic (exact) mass is 607 g/mol. The molecule has 2 saturated heterocycles. The van der Waals surface area contributed by atoms with Gasteiger partial charge >= 0.3 is 11.9 Å². The fraction of sp³-hybridized carbons (Fsp3) is 0.484. The Hall–Kier alpha value is -4.36. The number of cyclic esters (lactones) is 2. The van der Waals surface area contributed by atoms with Gasteiger partial charge in [-0.2, -0.15) is 0 Å². The molecule has 1 unspecified atom stereocenters. The number of carbonyl (C=O) groups is 5. The third-order valence-corrected chi connectivity index (χ3v) is 7.92. The van der Waals surface area contributed by atoms with Crippen molar-refractivity contribution in [3.05, 3.63) is 47.7 Å². The average Bonchev–Trinajstić information content (AvgIpc) is 3.01. The minimum absolute atomic E-state index is 0.276. The Morgan fingerprint density at radius 2 is 1.75 bits per heavy atom. The standard InChI is InChI=1S/C31H37N5O8/c1-17(2)26-28(39)33-19(4)29(40)36-13-5-6-23(35-36)27(38)32-18(3)22-10-9-21-8-7-20(14-24(21)34-22)11-12-31(30(41)44-26)16-42-25(37)15-43-31/h7-12,14,17-19,23,26,35H,5-6,13,15-16H2,1-4H3,(H,32,38)(H,33,39)/b12-11+/t18-,19+,23+,26+,31?/m1/s1. The number of hydrogen-bond donors (Lipinski definition) is 3. The summed E-state index contributed by atoms with van der Waals surface area (Å²) in [6.45, 7) is 6.16. The second-order valence-electron chi connectivity index (χ2n) is 11.7. The van der Waals surface area contributed by atoms with Crippen LogP contribution >= 0.6 is 0 Å². The molecule has 2 aromatic rings. The summed E-state index contributed by atoms with van der Waals surface area (Å²) in [6.07, 6.45) is 2.89. The first-order valence-corrected chi connectivity index (χ1v) is 14.7. The van der Waals surface area contributed by atoms with Gasteiger partial charge in [-0.3, -0.25) is 24.4 Å². The van der Waals surface area contributed by atoms with E-state index in [1.54, 1.807) is 19.9 Å². The van der Waals surface area contributed by atoms with E-state index < -0.39 is 72.7 Å². The van der Waals surface area contributed by atoms with E-state index in [1.807, 2.05) is 37.3 Å². The molecule has 3 aliphatic rings. The largest absolute Gasteiger partial charge is 0.460 e. The number of nitrogens with zero attached hydrogens (tertiary/aromatic N) is 2. The summed E-state index contributed by atoms with van der Waals surface area (Å²) in [4.78, 5) is 70.0. The van der Waals surface area contributed by atoms with Crippen molar-refractivity contribution in [1.82, 2.24) is 26.1 Å². The molecule has 13 heteroatoms. The zero-order valence-electron chi connectivity index (χ0n) is 25.1. The second kappa shape index (κ2) is 12.7. The summed E-state index contributed by atoms with van der Waals surface area (Å²) < 4.78 is 16.6. The van der Waals surface area contributed by atoms with Crippen LogP contribution in [0.4, 0.5) is 0 Å². The highest BCUT2D eigenvalue weighted by Crippen LogP contribution is 2.26. The molecule has 5 rings (SSSR count). The maximum absolute atomic E-state index is 13.6. The molecule has 3 N–H and O–H groups in total. The normalized spacial score (nSPS) is 29.7. The van der Waals surface area contributed by atoms with E-state index >= 15 is 0 Å². The number of hydrazine groups is 1. The van der Waals surface area contributed by atoms with Gasteiger partial charge in [0, 0.05) is 11.9 Å². The molecule has 1 spiro atoms. The van der Waals surface area contributed by atoms with Gasteiger partial charge in [-0.25, -0.2) is 15.0 Å². The van der Waals surface area contributed by atoms with Crippen LogP contribution in [0.15, 0.2) is 36.4 Å². The van der Waals surface area contributed by atoms with E-state index in [0.29, 0.717) is 36.2 Å². The summed E-state index contributed by atoms with van der Waals surface area (Å²) >= 11 is 0. The zero-order valence-corrected chi connectivity index (χ0v) is 25.1. The fourth-order valence-electron chi connectivity index (χ4n) is 5.29. The zero-order chi connectivity index (χ0) is 31.6. The molecule has 5 bridgehead atoms. The van der Waals surface area contributed by atoms with Crippen molar-refractivity contribution in [2.45, 2.75) is 70.4 Å². The number of esters is 2. The Kier molecular flexibility index (Phi) is 8.97. The molecular formula is C31H37N5O8. The van der Waals surface area contributed by atoms with Crippen LogP contribution in [0, 0.1) is 5.92 Å². The lowest BCUT2D eigenvalue weighted by Gasteiger charge is -2.35. The molecule has 5 atom stereocenters. The highest BCUT2D eigenvalue weighted by molar-refractivity contribution is 5.93. The Bertz CT molecular complexity index is 1500. The van der Waals surface area contributed by atoms with Crippen molar-refractivity contribution in [2.24, 2.45) is 5.92 Å². The molecule has 3 aliphatic heterocycles. The average molecular weight is 608 g/mol. The Morgan fingerprint density at radius 3 is 2.48 bits per heavy atom. The number of carbonyl (C=O) groups excluding carboxylic acids is 5. The summed E-state index contributed by atoms with van der Waals surface area (Å²) in [6, 6.07) is 7.19. The first-order valence-electron chi connectivity index (χ1n) is 14.7. The van der Waals surface area contributed by atoms with E-state index in [-0.39, 0.29) is 5.91 Å². The molecule has 13 nitrogen and oxygen atoms in total. The van der Waals surface area contributed by atoms with E-state index in [9.17, 15) is 24.0 Å². The molecule has 234 valence electrons. The van der Waals surface area contributed by atoms with Crippen LogP contribution in [-0.4, -0.2) is 83.2 Å². The van der Waals surface area contributed by atoms with Gasteiger partial charge in [0.2, 0.25) is 11.5 Å². The lowest BCUT2D eigenvalue weighted by molar-refractivity contribution is -0.199. The molecule has 0 radical (unpaired) electrons. The lowest BCUT2D eigenvalue weighted by Crippen LogP contribution is -2.61. The number of fused-ring (bicyclic) bond motifs is 4. The van der Waals surface area contributed by atoms with E-state index in [0.717, 1.165) is 5.39 Å². The number of pyridine rings is 1. The molecule has 1 aromatic heterocycles. The number of hydrogen-bond acceptors (Lipinski definition) is 10. The first kappa shape index (κ1) is 31.1. The number of ether oxygens (including phenoxy) is 3. The van der Waals surface area contributed by atoms with Gasteiger partial charge in [0.05, 0.1) is 17.3 Å². The van der Waals surface area contributed by atoms with E-state index in [4.69, 9.17) is 19.2 Å². The first-order chi connectivity index (χ1) is 21.0. The SMILES string of the molecule is CC(C)[C@@H]1OC(=O)C2(/C=C/c3ccc4ccc(nc4c3)[C@@H](C)NC(=O)[C@@H]3CCCN(N3)C(=O)[C@H](C)NC1=O)COC(=O)CO2. The molecule has 1 aromatic carbocycles. The third-order valence-electron chi connectivity index (χ3n) is 7.92. The molecule has 0 aliphatic carbocycles. The molecule has 0 saturated carbocycles. The third kappa shape index (κ3) is 6.58. The van der Waals surface area contributed by atoms with Crippen LogP contribution in [0.1, 0.15) is 57.8 Å². The van der Waals surface area contributed by atoms with E-state index in [2.05, 4.69) is 16.1 Å². The van der Waals surface area contributed by atoms with Gasteiger partial charge in [0.1, 0.15) is 25.3 Å². The Morgan fingerprint density at radius 1 is 1.00 bits per heavy atom. The van der Waals surface area contributed by atoms with Gasteiger partial charge < -0.3 is 24.8 Å². The van der Waals surface area contributed by atoms with Gasteiger partial charge in [-0.1, -0.05) is 38.1 Å². The Balaban J connectivity index is 1.53. The second-order valence-corrected chi connectivity index (χ2v) is 11.7. The smallest absolute Gasteiger partial charge is 0.346 e. The minimum atomic E-state index is -1.81. The van der Waals surface area contributed by atoms with Crippen molar-refractivity contribution >= 4 is 46.6 Å². The van der Waals surface area contributed by atoms with Crippen LogP contribution in [-0.2, 0) is 38.2 Å². The quantitative estimate of drug-likeness (QED) is 0.403. The van der Waals surface area contributed by atoms with Crippen LogP contribution in [0.3, 0.4) is 0 Å². The maximum atomic E-state index is 13.6. The van der Waals surface area contributed by atoms with Gasteiger partial charge in [-0.05, 0) is 56.4 Å². The van der Waals surface area contributed by atoms with Crippen molar-refractivity contribution in [3.63, 3.8) is 0 Å². The van der Waals surface area contributed by atoms with Crippen molar-refractivity contribution in [1.29, 1.82) is 0 Å². The number of nitrogens with one attached hydrogen (secondary N) is 3. The lowest BCUT2D eigenvalue weighted by atomic mass is 10.00. The molecule has 44 heavy (non-hydrogen) atoms. The predicted molar refractivity (Wildman–Crippen MR) is 157 cm³/mol. The summed E-state index contributed by atoms with van der Waals surface area (Å²) in [5, 5.41) is 7.82. The molecule has 4 heterocycles. The van der Waals surface area contributed by atoms with Gasteiger partial charge in [0.25, 0.3) is 11.8 Å². The highest BCUT2D eigenvalue weighted by Gasteiger charge is 2.46. The number of aromatic nitrogens is 1. The van der Waals surface area contributed by atoms with Crippen molar-refractivity contribution < 1.29 is 38.2 Å². The molecule has 3 amide bonds. The highest BCUT2D eigenvalue weighted by atomic mass is 16.6. The molecule has 2 fully saturated rings. The summed E-state index contributed by atoms with van der Waals surface area (Å²) in [5.74, 6) is -3.43. The van der Waals surface area contributed by atoms with Crippen LogP contribution in [0.2, 0.25) is 0 Å². The minimum Gasteiger partial charge on any atom is -0.460 e. The van der Waals surface area contributed by atoms with Crippen LogP contribution < -0.4 is 16.1 Å². The van der Waals surface area contributed by atoms with E-state index in [1.165, 1.54) is 18.0 Å². The van der Waals surface area contributed by atoms with Crippen molar-refractivity contribution in [2.75, 3.05) is 19.8 Å².